The van der Waals surface area contributed by atoms with Gasteiger partial charge in [-0.2, -0.15) is 0 Å². The first-order chi connectivity index (χ1) is 12.3. The Balaban J connectivity index is 1.64. The van der Waals surface area contributed by atoms with E-state index in [1.807, 2.05) is 12.3 Å². The molecule has 0 bridgehead atoms. The van der Waals surface area contributed by atoms with E-state index in [0.29, 0.717) is 5.82 Å². The highest BCUT2D eigenvalue weighted by molar-refractivity contribution is 7.18. The van der Waals surface area contributed by atoms with Crippen molar-refractivity contribution >= 4 is 33.3 Å². The maximum absolute atomic E-state index is 6.22. The number of nitrogens with zero attached hydrogens (tertiary/aromatic N) is 2. The van der Waals surface area contributed by atoms with Crippen LogP contribution in [0.3, 0.4) is 0 Å². The maximum atomic E-state index is 6.22. The number of hydrogen-bond donors (Lipinski definition) is 1. The number of anilines is 1. The second kappa shape index (κ2) is 7.38. The second-order valence-electron chi connectivity index (χ2n) is 6.58. The molecule has 1 fully saturated rings. The number of rotatable bonds is 4. The van der Waals surface area contributed by atoms with E-state index in [9.17, 15) is 0 Å². The van der Waals surface area contributed by atoms with Gasteiger partial charge in [-0.25, -0.2) is 4.98 Å². The molecular formula is C21H23N3S. The minimum absolute atomic E-state index is 0.614. The van der Waals surface area contributed by atoms with Gasteiger partial charge in [-0.15, -0.1) is 11.3 Å². The molecule has 0 atom stereocenters. The van der Waals surface area contributed by atoms with Crippen molar-refractivity contribution in [3.63, 3.8) is 0 Å². The fraction of sp³-hybridized carbons (Fsp3) is 0.286. The number of piperidine rings is 1. The Morgan fingerprint density at radius 3 is 2.72 bits per heavy atom. The Bertz CT molecular complexity index is 877. The number of pyridine rings is 1. The Labute approximate surface area is 152 Å². The summed E-state index contributed by atoms with van der Waals surface area (Å²) in [5, 5.41) is 3.27. The van der Waals surface area contributed by atoms with Crippen LogP contribution < -0.4 is 5.73 Å². The third kappa shape index (κ3) is 3.46. The lowest BCUT2D eigenvalue weighted by molar-refractivity contribution is 0.252. The summed E-state index contributed by atoms with van der Waals surface area (Å²) in [4.78, 5) is 6.97. The van der Waals surface area contributed by atoms with E-state index in [1.54, 1.807) is 11.3 Å². The number of nitrogen functional groups attached to an aromatic ring is 1. The van der Waals surface area contributed by atoms with Crippen LogP contribution in [0.15, 0.2) is 48.0 Å². The standard InChI is InChI=1S/C21H23N3S/c22-21-19-18(16-8-3-1-4-9-16)15-25-20(19)17(14-23-21)10-7-13-24-11-5-2-6-12-24/h1,3-4,7-10,14-15H,2,5-6,11-13H2,(H2,22,23). The van der Waals surface area contributed by atoms with Gasteiger partial charge in [0, 0.05) is 34.0 Å². The predicted octanol–water partition coefficient (Wildman–Crippen LogP) is 5.04. The zero-order chi connectivity index (χ0) is 17.1. The van der Waals surface area contributed by atoms with Gasteiger partial charge in [0.15, 0.2) is 0 Å². The van der Waals surface area contributed by atoms with Gasteiger partial charge < -0.3 is 5.73 Å². The van der Waals surface area contributed by atoms with Crippen molar-refractivity contribution in [3.8, 4) is 11.1 Å². The van der Waals surface area contributed by atoms with Crippen molar-refractivity contribution in [2.45, 2.75) is 19.3 Å². The molecule has 0 amide bonds. The molecule has 1 saturated heterocycles. The third-order valence-electron chi connectivity index (χ3n) is 4.85. The number of fused-ring (bicyclic) bond motifs is 1. The number of nitrogens with two attached hydrogens (primary N) is 1. The highest BCUT2D eigenvalue weighted by Crippen LogP contribution is 2.38. The second-order valence-corrected chi connectivity index (χ2v) is 7.46. The van der Waals surface area contributed by atoms with Crippen LogP contribution in [0.25, 0.3) is 27.3 Å². The summed E-state index contributed by atoms with van der Waals surface area (Å²) in [6, 6.07) is 10.4. The summed E-state index contributed by atoms with van der Waals surface area (Å²) in [7, 11) is 0. The largest absolute Gasteiger partial charge is 0.383 e. The van der Waals surface area contributed by atoms with Crippen LogP contribution in [0.1, 0.15) is 24.8 Å². The van der Waals surface area contributed by atoms with Gasteiger partial charge in [0.1, 0.15) is 5.82 Å². The number of thiophene rings is 1. The van der Waals surface area contributed by atoms with Crippen molar-refractivity contribution in [2.75, 3.05) is 25.4 Å². The van der Waals surface area contributed by atoms with Gasteiger partial charge in [-0.05, 0) is 36.9 Å². The smallest absolute Gasteiger partial charge is 0.132 e. The molecule has 0 spiro atoms. The summed E-state index contributed by atoms with van der Waals surface area (Å²) in [5.74, 6) is 0.614. The predicted molar refractivity (Wildman–Crippen MR) is 109 cm³/mol. The van der Waals surface area contributed by atoms with Crippen molar-refractivity contribution in [1.82, 2.24) is 9.88 Å². The maximum Gasteiger partial charge on any atom is 0.132 e. The van der Waals surface area contributed by atoms with Crippen molar-refractivity contribution < 1.29 is 0 Å². The highest BCUT2D eigenvalue weighted by atomic mass is 32.1. The average molecular weight is 350 g/mol. The summed E-state index contributed by atoms with van der Waals surface area (Å²) in [5.41, 5.74) is 9.75. The van der Waals surface area contributed by atoms with Gasteiger partial charge in [0.25, 0.3) is 0 Å². The van der Waals surface area contributed by atoms with Crippen LogP contribution in [0.5, 0.6) is 0 Å². The Hall–Kier alpha value is -2.17. The minimum Gasteiger partial charge on any atom is -0.383 e. The number of likely N-dealkylation sites (tertiary alicyclic amines) is 1. The first-order valence-electron chi connectivity index (χ1n) is 8.93. The average Bonchev–Trinajstić information content (AvgIpc) is 3.11. The molecule has 2 N–H and O–H groups in total. The summed E-state index contributed by atoms with van der Waals surface area (Å²) in [6.07, 6.45) is 10.4. The first kappa shape index (κ1) is 16.3. The van der Waals surface area contributed by atoms with Crippen molar-refractivity contribution in [1.29, 1.82) is 0 Å². The molecule has 1 aliphatic rings. The number of hydrogen-bond acceptors (Lipinski definition) is 4. The zero-order valence-corrected chi connectivity index (χ0v) is 15.1. The molecule has 3 heterocycles. The van der Waals surface area contributed by atoms with Gasteiger partial charge in [0.05, 0.1) is 0 Å². The summed E-state index contributed by atoms with van der Waals surface area (Å²) < 4.78 is 1.22. The monoisotopic (exact) mass is 349 g/mol. The topological polar surface area (TPSA) is 42.1 Å². The molecule has 4 rings (SSSR count). The number of aromatic nitrogens is 1. The molecule has 0 radical (unpaired) electrons. The first-order valence-corrected chi connectivity index (χ1v) is 9.81. The van der Waals surface area contributed by atoms with Gasteiger partial charge in [-0.3, -0.25) is 4.90 Å². The molecule has 3 aromatic rings. The van der Waals surface area contributed by atoms with E-state index < -0.39 is 0 Å². The molecule has 0 aliphatic carbocycles. The molecule has 128 valence electrons. The summed E-state index contributed by atoms with van der Waals surface area (Å²) in [6.45, 7) is 3.45. The molecule has 25 heavy (non-hydrogen) atoms. The van der Waals surface area contributed by atoms with E-state index in [0.717, 1.165) is 17.5 Å². The Kier molecular flexibility index (Phi) is 4.81. The zero-order valence-electron chi connectivity index (χ0n) is 14.3. The molecule has 0 saturated carbocycles. The van der Waals surface area contributed by atoms with Crippen LogP contribution >= 0.6 is 11.3 Å². The molecule has 1 aromatic carbocycles. The van der Waals surface area contributed by atoms with Gasteiger partial charge >= 0.3 is 0 Å². The number of benzene rings is 1. The van der Waals surface area contributed by atoms with E-state index in [-0.39, 0.29) is 0 Å². The molecule has 3 nitrogen and oxygen atoms in total. The summed E-state index contributed by atoms with van der Waals surface area (Å²) >= 11 is 1.75. The lowest BCUT2D eigenvalue weighted by atomic mass is 10.0. The molecule has 2 aromatic heterocycles. The Morgan fingerprint density at radius 2 is 1.92 bits per heavy atom. The normalized spacial score (nSPS) is 16.0. The van der Waals surface area contributed by atoms with Crippen LogP contribution in [-0.2, 0) is 0 Å². The van der Waals surface area contributed by atoms with E-state index in [1.165, 1.54) is 48.2 Å². The van der Waals surface area contributed by atoms with E-state index in [4.69, 9.17) is 5.73 Å². The SMILES string of the molecule is Nc1ncc(C=CCN2CCCCC2)c2scc(-c3ccccc3)c12. The Morgan fingerprint density at radius 1 is 1.12 bits per heavy atom. The molecule has 0 unspecified atom stereocenters. The fourth-order valence-corrected chi connectivity index (χ4v) is 4.59. The quantitative estimate of drug-likeness (QED) is 0.717. The minimum atomic E-state index is 0.614. The third-order valence-corrected chi connectivity index (χ3v) is 5.88. The van der Waals surface area contributed by atoms with Crippen molar-refractivity contribution in [2.24, 2.45) is 0 Å². The lowest BCUT2D eigenvalue weighted by Gasteiger charge is -2.24. The van der Waals surface area contributed by atoms with E-state index >= 15 is 0 Å². The molecule has 4 heteroatoms. The lowest BCUT2D eigenvalue weighted by Crippen LogP contribution is -2.29. The fourth-order valence-electron chi connectivity index (χ4n) is 3.51. The van der Waals surface area contributed by atoms with Crippen LogP contribution in [0.2, 0.25) is 0 Å². The van der Waals surface area contributed by atoms with Crippen molar-refractivity contribution in [3.05, 3.63) is 53.5 Å². The highest BCUT2D eigenvalue weighted by Gasteiger charge is 2.13. The van der Waals surface area contributed by atoms with Crippen LogP contribution in [0.4, 0.5) is 5.82 Å². The van der Waals surface area contributed by atoms with Gasteiger partial charge in [0.2, 0.25) is 0 Å². The van der Waals surface area contributed by atoms with Gasteiger partial charge in [-0.1, -0.05) is 48.9 Å². The van der Waals surface area contributed by atoms with Crippen LogP contribution in [0, 0.1) is 0 Å². The van der Waals surface area contributed by atoms with Crippen LogP contribution in [-0.4, -0.2) is 29.5 Å². The van der Waals surface area contributed by atoms with E-state index in [2.05, 4.69) is 51.7 Å². The molecular weight excluding hydrogens is 326 g/mol. The molecule has 1 aliphatic heterocycles.